The van der Waals surface area contributed by atoms with Gasteiger partial charge >= 0.3 is 0 Å². The molecule has 1 amide bonds. The van der Waals surface area contributed by atoms with Crippen molar-refractivity contribution in [1.82, 2.24) is 14.7 Å². The number of amides is 1. The largest absolute Gasteiger partial charge is 0.497 e. The SMILES string of the molecule is COc1ccc(-n2nc(C)c(CCC(=O)N3CCOCC3)c2Oc2ccccc2F)cc1. The summed E-state index contributed by atoms with van der Waals surface area (Å²) >= 11 is 0. The molecule has 4 rings (SSSR count). The summed E-state index contributed by atoms with van der Waals surface area (Å²) in [4.78, 5) is 14.5. The first-order valence-corrected chi connectivity index (χ1v) is 10.6. The molecule has 1 fully saturated rings. The first-order chi connectivity index (χ1) is 15.6. The van der Waals surface area contributed by atoms with Crippen molar-refractivity contribution in [3.05, 3.63) is 65.6 Å². The number of nitrogens with zero attached hydrogens (tertiary/aromatic N) is 3. The molecule has 8 heteroatoms. The number of aromatic nitrogens is 2. The van der Waals surface area contributed by atoms with E-state index in [1.165, 1.54) is 6.07 Å². The highest BCUT2D eigenvalue weighted by Gasteiger charge is 2.23. The summed E-state index contributed by atoms with van der Waals surface area (Å²) in [5.41, 5.74) is 2.23. The van der Waals surface area contributed by atoms with E-state index in [1.54, 1.807) is 30.0 Å². The summed E-state index contributed by atoms with van der Waals surface area (Å²) in [6.07, 6.45) is 0.741. The van der Waals surface area contributed by atoms with Gasteiger partial charge in [0.2, 0.25) is 11.8 Å². The number of carbonyl (C=O) groups is 1. The van der Waals surface area contributed by atoms with Crippen molar-refractivity contribution in [3.63, 3.8) is 0 Å². The zero-order valence-corrected chi connectivity index (χ0v) is 18.2. The number of hydrogen-bond acceptors (Lipinski definition) is 5. The fourth-order valence-electron chi connectivity index (χ4n) is 3.66. The van der Waals surface area contributed by atoms with Crippen molar-refractivity contribution in [2.75, 3.05) is 33.4 Å². The lowest BCUT2D eigenvalue weighted by molar-refractivity contribution is -0.135. The fraction of sp³-hybridized carbons (Fsp3) is 0.333. The number of ether oxygens (including phenoxy) is 3. The quantitative estimate of drug-likeness (QED) is 0.559. The Kier molecular flexibility index (Phi) is 6.70. The summed E-state index contributed by atoms with van der Waals surface area (Å²) in [6.45, 7) is 4.18. The molecule has 168 valence electrons. The average Bonchev–Trinajstić information content (AvgIpc) is 3.14. The Labute approximate surface area is 186 Å². The predicted octanol–water partition coefficient (Wildman–Crippen LogP) is 3.91. The van der Waals surface area contributed by atoms with Gasteiger partial charge < -0.3 is 19.1 Å². The maximum absolute atomic E-state index is 14.4. The Morgan fingerprint density at radius 3 is 2.53 bits per heavy atom. The minimum absolute atomic E-state index is 0.0572. The third-order valence-corrected chi connectivity index (χ3v) is 5.45. The van der Waals surface area contributed by atoms with Crippen LogP contribution in [0.1, 0.15) is 17.7 Å². The third-order valence-electron chi connectivity index (χ3n) is 5.45. The van der Waals surface area contributed by atoms with Crippen molar-refractivity contribution in [1.29, 1.82) is 0 Å². The molecular weight excluding hydrogens is 413 g/mol. The molecule has 1 aliphatic heterocycles. The summed E-state index contributed by atoms with van der Waals surface area (Å²) in [7, 11) is 1.60. The van der Waals surface area contributed by atoms with Crippen molar-refractivity contribution in [2.45, 2.75) is 19.8 Å². The summed E-state index contributed by atoms with van der Waals surface area (Å²) < 4.78 is 32.6. The van der Waals surface area contributed by atoms with Crippen LogP contribution in [-0.4, -0.2) is 54.0 Å². The van der Waals surface area contributed by atoms with E-state index in [1.807, 2.05) is 36.1 Å². The van der Waals surface area contributed by atoms with Gasteiger partial charge in [0.1, 0.15) is 5.75 Å². The standard InChI is InChI=1S/C24H26FN3O4/c1-17-20(11-12-23(29)27-13-15-31-16-14-27)24(32-22-6-4-3-5-21(22)25)28(26-17)18-7-9-19(30-2)10-8-18/h3-10H,11-16H2,1-2H3. The molecule has 0 radical (unpaired) electrons. The smallest absolute Gasteiger partial charge is 0.226 e. The van der Waals surface area contributed by atoms with Gasteiger partial charge in [-0.1, -0.05) is 12.1 Å². The minimum Gasteiger partial charge on any atom is -0.497 e. The van der Waals surface area contributed by atoms with E-state index < -0.39 is 5.82 Å². The molecule has 2 aromatic carbocycles. The molecule has 0 atom stereocenters. The highest BCUT2D eigenvalue weighted by atomic mass is 19.1. The van der Waals surface area contributed by atoms with Gasteiger partial charge in [-0.05, 0) is 49.7 Å². The van der Waals surface area contributed by atoms with E-state index in [-0.39, 0.29) is 11.7 Å². The van der Waals surface area contributed by atoms with E-state index in [2.05, 4.69) is 5.10 Å². The number of hydrogen-bond donors (Lipinski definition) is 0. The number of rotatable bonds is 7. The zero-order chi connectivity index (χ0) is 22.5. The van der Waals surface area contributed by atoms with Crippen LogP contribution in [0.25, 0.3) is 5.69 Å². The van der Waals surface area contributed by atoms with Crippen LogP contribution in [0.5, 0.6) is 17.4 Å². The van der Waals surface area contributed by atoms with E-state index >= 15 is 0 Å². The predicted molar refractivity (Wildman–Crippen MR) is 117 cm³/mol. The third kappa shape index (κ3) is 4.75. The topological polar surface area (TPSA) is 65.8 Å². The highest BCUT2D eigenvalue weighted by molar-refractivity contribution is 5.76. The Hall–Kier alpha value is -3.39. The number of para-hydroxylation sites is 1. The lowest BCUT2D eigenvalue weighted by Crippen LogP contribution is -2.40. The number of benzene rings is 2. The number of methoxy groups -OCH3 is 1. The Balaban J connectivity index is 1.65. The molecule has 0 saturated carbocycles. The van der Waals surface area contributed by atoms with Crippen molar-refractivity contribution >= 4 is 5.91 Å². The highest BCUT2D eigenvalue weighted by Crippen LogP contribution is 2.33. The Morgan fingerprint density at radius 1 is 1.12 bits per heavy atom. The number of morpholine rings is 1. The molecule has 0 unspecified atom stereocenters. The molecular formula is C24H26FN3O4. The fourth-order valence-corrected chi connectivity index (χ4v) is 3.66. The molecule has 1 aromatic heterocycles. The minimum atomic E-state index is -0.469. The van der Waals surface area contributed by atoms with Gasteiger partial charge in [-0.2, -0.15) is 5.10 Å². The van der Waals surface area contributed by atoms with Crippen LogP contribution in [0.2, 0.25) is 0 Å². The molecule has 1 saturated heterocycles. The summed E-state index contributed by atoms with van der Waals surface area (Å²) in [5.74, 6) is 0.797. The van der Waals surface area contributed by atoms with Crippen LogP contribution < -0.4 is 9.47 Å². The summed E-state index contributed by atoms with van der Waals surface area (Å²) in [5, 5.41) is 4.64. The van der Waals surface area contributed by atoms with Gasteiger partial charge in [0.25, 0.3) is 0 Å². The van der Waals surface area contributed by atoms with Crippen molar-refractivity contribution in [2.24, 2.45) is 0 Å². The number of aryl methyl sites for hydroxylation is 1. The normalized spacial score (nSPS) is 13.8. The molecule has 0 N–H and O–H groups in total. The molecule has 7 nitrogen and oxygen atoms in total. The van der Waals surface area contributed by atoms with Gasteiger partial charge in [0, 0.05) is 25.1 Å². The Bertz CT molecular complexity index is 1080. The zero-order valence-electron chi connectivity index (χ0n) is 18.2. The average molecular weight is 439 g/mol. The van der Waals surface area contributed by atoms with Crippen LogP contribution in [0.3, 0.4) is 0 Å². The van der Waals surface area contributed by atoms with Gasteiger partial charge in [-0.15, -0.1) is 0 Å². The maximum Gasteiger partial charge on any atom is 0.226 e. The second-order valence-electron chi connectivity index (χ2n) is 7.50. The first kappa shape index (κ1) is 21.8. The van der Waals surface area contributed by atoms with Gasteiger partial charge in [-0.25, -0.2) is 9.07 Å². The van der Waals surface area contributed by atoms with Crippen molar-refractivity contribution < 1.29 is 23.4 Å². The van der Waals surface area contributed by atoms with Crippen LogP contribution >= 0.6 is 0 Å². The lowest BCUT2D eigenvalue weighted by atomic mass is 10.1. The molecule has 2 heterocycles. The second-order valence-corrected chi connectivity index (χ2v) is 7.50. The number of carbonyl (C=O) groups excluding carboxylic acids is 1. The molecule has 0 aliphatic carbocycles. The Morgan fingerprint density at radius 2 is 1.84 bits per heavy atom. The van der Waals surface area contributed by atoms with Gasteiger partial charge in [0.15, 0.2) is 11.6 Å². The number of halogens is 1. The van der Waals surface area contributed by atoms with Crippen LogP contribution in [0.15, 0.2) is 48.5 Å². The molecule has 32 heavy (non-hydrogen) atoms. The van der Waals surface area contributed by atoms with Gasteiger partial charge in [0.05, 0.1) is 31.7 Å². The molecule has 1 aliphatic rings. The lowest BCUT2D eigenvalue weighted by Gasteiger charge is -2.26. The van der Waals surface area contributed by atoms with Crippen molar-refractivity contribution in [3.8, 4) is 23.1 Å². The van der Waals surface area contributed by atoms with Crippen LogP contribution in [0, 0.1) is 12.7 Å². The maximum atomic E-state index is 14.4. The van der Waals surface area contributed by atoms with Gasteiger partial charge in [-0.3, -0.25) is 4.79 Å². The first-order valence-electron chi connectivity index (χ1n) is 10.6. The summed E-state index contributed by atoms with van der Waals surface area (Å²) in [6, 6.07) is 13.6. The molecule has 0 spiro atoms. The molecule has 3 aromatic rings. The van der Waals surface area contributed by atoms with Crippen LogP contribution in [0.4, 0.5) is 4.39 Å². The second kappa shape index (κ2) is 9.82. The monoisotopic (exact) mass is 439 g/mol. The van der Waals surface area contributed by atoms with E-state index in [4.69, 9.17) is 14.2 Å². The van der Waals surface area contributed by atoms with Crippen LogP contribution in [-0.2, 0) is 16.0 Å². The van der Waals surface area contributed by atoms with E-state index in [9.17, 15) is 9.18 Å². The molecule has 0 bridgehead atoms. The van der Waals surface area contributed by atoms with E-state index in [0.717, 1.165) is 16.9 Å². The van der Waals surface area contributed by atoms with E-state index in [0.29, 0.717) is 50.8 Å².